The van der Waals surface area contributed by atoms with Crippen molar-refractivity contribution in [3.05, 3.63) is 0 Å². The second-order valence-corrected chi connectivity index (χ2v) is 6.80. The number of ether oxygens (including phenoxy) is 2. The van der Waals surface area contributed by atoms with E-state index in [0.717, 1.165) is 12.8 Å². The quantitative estimate of drug-likeness (QED) is 0.730. The molecule has 3 heterocycles. The van der Waals surface area contributed by atoms with Gasteiger partial charge in [-0.1, -0.05) is 0 Å². The summed E-state index contributed by atoms with van der Waals surface area (Å²) in [5, 5.41) is 0. The second kappa shape index (κ2) is 8.03. The van der Waals surface area contributed by atoms with Gasteiger partial charge in [0.25, 0.3) is 0 Å². The lowest BCUT2D eigenvalue weighted by atomic mass is 10.1. The Morgan fingerprint density at radius 2 is 1.76 bits per heavy atom. The first-order valence-electron chi connectivity index (χ1n) is 9.18. The number of nitrogens with zero attached hydrogens (tertiary/aromatic N) is 3. The molecular weight excluding hydrogens is 326 g/mol. The normalized spacial score (nSPS) is 25.4. The van der Waals surface area contributed by atoms with Crippen LogP contribution in [-0.2, 0) is 19.1 Å². The molecule has 0 aliphatic carbocycles. The van der Waals surface area contributed by atoms with Crippen LogP contribution in [0.5, 0.6) is 0 Å². The van der Waals surface area contributed by atoms with Gasteiger partial charge in [-0.25, -0.2) is 4.79 Å². The number of rotatable bonds is 3. The van der Waals surface area contributed by atoms with Gasteiger partial charge in [0.1, 0.15) is 0 Å². The topological polar surface area (TPSA) is 79.4 Å². The zero-order valence-electron chi connectivity index (χ0n) is 14.8. The largest absolute Gasteiger partial charge is 0.450 e. The van der Waals surface area contributed by atoms with E-state index in [-0.39, 0.29) is 29.9 Å². The van der Waals surface area contributed by atoms with Crippen LogP contribution in [0.15, 0.2) is 0 Å². The fourth-order valence-electron chi connectivity index (χ4n) is 3.83. The van der Waals surface area contributed by atoms with Gasteiger partial charge in [0.2, 0.25) is 11.8 Å². The second-order valence-electron chi connectivity index (χ2n) is 6.80. The zero-order chi connectivity index (χ0) is 17.8. The van der Waals surface area contributed by atoms with Gasteiger partial charge >= 0.3 is 6.09 Å². The van der Waals surface area contributed by atoms with E-state index in [2.05, 4.69) is 0 Å². The van der Waals surface area contributed by atoms with Crippen LogP contribution in [0.25, 0.3) is 0 Å². The lowest BCUT2D eigenvalue weighted by Crippen LogP contribution is -2.52. The Labute approximate surface area is 148 Å². The van der Waals surface area contributed by atoms with Gasteiger partial charge in [-0.2, -0.15) is 0 Å². The molecular formula is C17H27N3O5. The van der Waals surface area contributed by atoms with Gasteiger partial charge < -0.3 is 24.2 Å². The number of amides is 3. The van der Waals surface area contributed by atoms with E-state index in [0.29, 0.717) is 59.0 Å². The van der Waals surface area contributed by atoms with Crippen LogP contribution in [0.1, 0.15) is 26.2 Å². The minimum Gasteiger partial charge on any atom is -0.450 e. The molecule has 1 unspecified atom stereocenters. The number of likely N-dealkylation sites (tertiary alicyclic amines) is 1. The standard InChI is InChI=1S/C17H27N3O5/c1-2-25-17(23)19-7-5-18(6-8-19)16(22)13-11-15(21)20(12-13)14-3-9-24-10-4-14/h13-14H,2-12H2,1H3. The van der Waals surface area contributed by atoms with Crippen LogP contribution in [0.2, 0.25) is 0 Å². The summed E-state index contributed by atoms with van der Waals surface area (Å²) >= 11 is 0. The molecule has 3 rings (SSSR count). The first-order valence-corrected chi connectivity index (χ1v) is 9.18. The van der Waals surface area contributed by atoms with Crippen molar-refractivity contribution in [2.75, 3.05) is 52.5 Å². The van der Waals surface area contributed by atoms with Crippen molar-refractivity contribution >= 4 is 17.9 Å². The summed E-state index contributed by atoms with van der Waals surface area (Å²) in [5.41, 5.74) is 0. The molecule has 0 bridgehead atoms. The fourth-order valence-corrected chi connectivity index (χ4v) is 3.83. The summed E-state index contributed by atoms with van der Waals surface area (Å²) in [6.07, 6.45) is 1.68. The molecule has 8 nitrogen and oxygen atoms in total. The molecule has 25 heavy (non-hydrogen) atoms. The molecule has 0 radical (unpaired) electrons. The Balaban J connectivity index is 1.50. The van der Waals surface area contributed by atoms with Gasteiger partial charge in [-0.3, -0.25) is 9.59 Å². The Bertz CT molecular complexity index is 512. The van der Waals surface area contributed by atoms with Crippen molar-refractivity contribution in [1.82, 2.24) is 14.7 Å². The van der Waals surface area contributed by atoms with E-state index in [9.17, 15) is 14.4 Å². The maximum atomic E-state index is 12.8. The average Bonchev–Trinajstić information content (AvgIpc) is 3.04. The molecule has 0 N–H and O–H groups in total. The monoisotopic (exact) mass is 353 g/mol. The minimum absolute atomic E-state index is 0.0337. The van der Waals surface area contributed by atoms with Crippen LogP contribution in [0.4, 0.5) is 4.79 Å². The number of carbonyl (C=O) groups excluding carboxylic acids is 3. The lowest BCUT2D eigenvalue weighted by Gasteiger charge is -2.35. The van der Waals surface area contributed by atoms with Crippen molar-refractivity contribution in [1.29, 1.82) is 0 Å². The van der Waals surface area contributed by atoms with Gasteiger partial charge in [-0.05, 0) is 19.8 Å². The summed E-state index contributed by atoms with van der Waals surface area (Å²) in [6, 6.07) is 0.208. The summed E-state index contributed by atoms with van der Waals surface area (Å²) in [7, 11) is 0. The third kappa shape index (κ3) is 4.05. The molecule has 3 fully saturated rings. The summed E-state index contributed by atoms with van der Waals surface area (Å²) < 4.78 is 10.3. The number of carbonyl (C=O) groups is 3. The van der Waals surface area contributed by atoms with Crippen LogP contribution in [-0.4, -0.2) is 91.2 Å². The smallest absolute Gasteiger partial charge is 0.409 e. The zero-order valence-corrected chi connectivity index (χ0v) is 14.8. The van der Waals surface area contributed by atoms with Crippen molar-refractivity contribution in [2.45, 2.75) is 32.2 Å². The van der Waals surface area contributed by atoms with E-state index < -0.39 is 0 Å². The predicted octanol–water partition coefficient (Wildman–Crippen LogP) is 0.315. The molecule has 3 aliphatic heterocycles. The van der Waals surface area contributed by atoms with Crippen LogP contribution in [0.3, 0.4) is 0 Å². The molecule has 140 valence electrons. The molecule has 3 saturated heterocycles. The molecule has 3 aliphatic rings. The molecule has 0 saturated carbocycles. The van der Waals surface area contributed by atoms with E-state index in [1.54, 1.807) is 16.7 Å². The predicted molar refractivity (Wildman–Crippen MR) is 88.8 cm³/mol. The summed E-state index contributed by atoms with van der Waals surface area (Å²) in [5.74, 6) is -0.147. The first kappa shape index (κ1) is 18.0. The molecule has 0 aromatic heterocycles. The summed E-state index contributed by atoms with van der Waals surface area (Å²) in [6.45, 7) is 5.97. The Hall–Kier alpha value is -1.83. The Morgan fingerprint density at radius 3 is 2.40 bits per heavy atom. The van der Waals surface area contributed by atoms with Crippen LogP contribution in [0, 0.1) is 5.92 Å². The Kier molecular flexibility index (Phi) is 5.78. The molecule has 1 atom stereocenters. The van der Waals surface area contributed by atoms with Crippen molar-refractivity contribution in [3.63, 3.8) is 0 Å². The molecule has 0 aromatic rings. The third-order valence-electron chi connectivity index (χ3n) is 5.26. The third-order valence-corrected chi connectivity index (χ3v) is 5.26. The van der Waals surface area contributed by atoms with E-state index in [4.69, 9.17) is 9.47 Å². The van der Waals surface area contributed by atoms with E-state index in [1.807, 2.05) is 4.90 Å². The van der Waals surface area contributed by atoms with Gasteiger partial charge in [0.05, 0.1) is 12.5 Å². The summed E-state index contributed by atoms with van der Waals surface area (Å²) in [4.78, 5) is 42.1. The number of hydrogen-bond acceptors (Lipinski definition) is 5. The molecule has 0 aromatic carbocycles. The van der Waals surface area contributed by atoms with Gasteiger partial charge in [-0.15, -0.1) is 0 Å². The van der Waals surface area contributed by atoms with Gasteiger partial charge in [0.15, 0.2) is 0 Å². The molecule has 3 amide bonds. The fraction of sp³-hybridized carbons (Fsp3) is 0.824. The number of piperazine rings is 1. The van der Waals surface area contributed by atoms with Crippen LogP contribution >= 0.6 is 0 Å². The SMILES string of the molecule is CCOC(=O)N1CCN(C(=O)C2CC(=O)N(C3CCOCC3)C2)CC1. The van der Waals surface area contributed by atoms with E-state index in [1.165, 1.54) is 0 Å². The van der Waals surface area contributed by atoms with Crippen LogP contribution < -0.4 is 0 Å². The highest BCUT2D eigenvalue weighted by Crippen LogP contribution is 2.26. The average molecular weight is 353 g/mol. The van der Waals surface area contributed by atoms with Gasteiger partial charge in [0, 0.05) is 58.4 Å². The van der Waals surface area contributed by atoms with E-state index >= 15 is 0 Å². The maximum Gasteiger partial charge on any atom is 0.409 e. The van der Waals surface area contributed by atoms with Crippen molar-refractivity contribution in [3.8, 4) is 0 Å². The Morgan fingerprint density at radius 1 is 1.12 bits per heavy atom. The minimum atomic E-state index is -0.323. The highest BCUT2D eigenvalue weighted by Gasteiger charge is 2.40. The van der Waals surface area contributed by atoms with Crippen molar-refractivity contribution < 1.29 is 23.9 Å². The lowest BCUT2D eigenvalue weighted by molar-refractivity contribution is -0.137. The maximum absolute atomic E-state index is 12.8. The molecule has 8 heteroatoms. The first-order chi connectivity index (χ1) is 12.1. The molecule has 0 spiro atoms. The highest BCUT2D eigenvalue weighted by molar-refractivity contribution is 5.89. The highest BCUT2D eigenvalue weighted by atomic mass is 16.6. The van der Waals surface area contributed by atoms with Crippen molar-refractivity contribution in [2.24, 2.45) is 5.92 Å². The number of hydrogen-bond donors (Lipinski definition) is 0.